The lowest BCUT2D eigenvalue weighted by atomic mass is 9.93. The number of nitrogens with two attached hydrogens (primary N) is 1. The van der Waals surface area contributed by atoms with Gasteiger partial charge in [-0.25, -0.2) is 0 Å². The third kappa shape index (κ3) is 4.64. The Morgan fingerprint density at radius 3 is 2.47 bits per heavy atom. The molecule has 1 atom stereocenters. The number of carbonyl (C=O) groups is 1. The van der Waals surface area contributed by atoms with Gasteiger partial charge in [-0.15, -0.1) is 0 Å². The monoisotopic (exact) mass is 242 g/mol. The first-order valence-electron chi connectivity index (χ1n) is 6.66. The SMILES string of the molecule is CC(C)C(CCO)NC(=O)CC1(N)CCCC1. The zero-order valence-corrected chi connectivity index (χ0v) is 11.0. The van der Waals surface area contributed by atoms with E-state index >= 15 is 0 Å². The summed E-state index contributed by atoms with van der Waals surface area (Å²) >= 11 is 0. The Labute approximate surface area is 104 Å². The van der Waals surface area contributed by atoms with Gasteiger partial charge in [0.1, 0.15) is 0 Å². The van der Waals surface area contributed by atoms with E-state index in [1.54, 1.807) is 0 Å². The highest BCUT2D eigenvalue weighted by molar-refractivity contribution is 5.77. The normalized spacial score (nSPS) is 20.5. The van der Waals surface area contributed by atoms with Crippen LogP contribution in [0.5, 0.6) is 0 Å². The van der Waals surface area contributed by atoms with Gasteiger partial charge in [0.15, 0.2) is 0 Å². The lowest BCUT2D eigenvalue weighted by Crippen LogP contribution is -2.46. The summed E-state index contributed by atoms with van der Waals surface area (Å²) in [7, 11) is 0. The van der Waals surface area contributed by atoms with Gasteiger partial charge in [-0.05, 0) is 25.2 Å². The van der Waals surface area contributed by atoms with Crippen LogP contribution in [0.2, 0.25) is 0 Å². The molecule has 1 saturated carbocycles. The van der Waals surface area contributed by atoms with E-state index < -0.39 is 0 Å². The number of carbonyl (C=O) groups excluding carboxylic acids is 1. The van der Waals surface area contributed by atoms with Crippen molar-refractivity contribution in [2.24, 2.45) is 11.7 Å². The smallest absolute Gasteiger partial charge is 0.222 e. The number of nitrogens with one attached hydrogen (secondary N) is 1. The van der Waals surface area contributed by atoms with E-state index in [1.807, 2.05) is 13.8 Å². The van der Waals surface area contributed by atoms with Gasteiger partial charge < -0.3 is 16.2 Å². The first-order chi connectivity index (χ1) is 7.97. The van der Waals surface area contributed by atoms with Gasteiger partial charge in [-0.3, -0.25) is 4.79 Å². The van der Waals surface area contributed by atoms with Crippen molar-refractivity contribution in [1.29, 1.82) is 0 Å². The van der Waals surface area contributed by atoms with Crippen molar-refractivity contribution in [1.82, 2.24) is 5.32 Å². The van der Waals surface area contributed by atoms with Crippen molar-refractivity contribution in [2.45, 2.75) is 64.0 Å². The van der Waals surface area contributed by atoms with Crippen molar-refractivity contribution >= 4 is 5.91 Å². The molecule has 4 N–H and O–H groups in total. The summed E-state index contributed by atoms with van der Waals surface area (Å²) in [6.45, 7) is 4.21. The molecular weight excluding hydrogens is 216 g/mol. The number of hydrogen-bond acceptors (Lipinski definition) is 3. The Kier molecular flexibility index (Phi) is 5.40. The minimum Gasteiger partial charge on any atom is -0.396 e. The van der Waals surface area contributed by atoms with E-state index in [-0.39, 0.29) is 24.1 Å². The van der Waals surface area contributed by atoms with E-state index in [0.717, 1.165) is 25.7 Å². The second-order valence-electron chi connectivity index (χ2n) is 5.68. The fourth-order valence-corrected chi connectivity index (χ4v) is 2.54. The molecule has 1 unspecified atom stereocenters. The quantitative estimate of drug-likeness (QED) is 0.654. The van der Waals surface area contributed by atoms with Crippen molar-refractivity contribution < 1.29 is 9.90 Å². The molecule has 1 rings (SSSR count). The standard InChI is InChI=1S/C13H26N2O2/c1-10(2)11(5-8-16)15-12(17)9-13(14)6-3-4-7-13/h10-11,16H,3-9,14H2,1-2H3,(H,15,17). The maximum absolute atomic E-state index is 11.9. The molecular formula is C13H26N2O2. The van der Waals surface area contributed by atoms with Crippen LogP contribution in [0.15, 0.2) is 0 Å². The molecule has 0 radical (unpaired) electrons. The number of amides is 1. The third-order valence-electron chi connectivity index (χ3n) is 3.70. The third-order valence-corrected chi connectivity index (χ3v) is 3.70. The lowest BCUT2D eigenvalue weighted by molar-refractivity contribution is -0.123. The Morgan fingerprint density at radius 1 is 1.41 bits per heavy atom. The molecule has 1 aliphatic carbocycles. The van der Waals surface area contributed by atoms with Crippen molar-refractivity contribution in [3.8, 4) is 0 Å². The molecule has 0 aliphatic heterocycles. The summed E-state index contributed by atoms with van der Waals surface area (Å²) in [5.41, 5.74) is 5.89. The topological polar surface area (TPSA) is 75.3 Å². The van der Waals surface area contributed by atoms with Gasteiger partial charge in [-0.2, -0.15) is 0 Å². The van der Waals surface area contributed by atoms with Crippen molar-refractivity contribution in [3.63, 3.8) is 0 Å². The summed E-state index contributed by atoms with van der Waals surface area (Å²) in [6.07, 6.45) is 5.20. The highest BCUT2D eigenvalue weighted by Crippen LogP contribution is 2.29. The fraction of sp³-hybridized carbons (Fsp3) is 0.923. The Morgan fingerprint density at radius 2 is 2.00 bits per heavy atom. The van der Waals surface area contributed by atoms with Crippen LogP contribution < -0.4 is 11.1 Å². The molecule has 17 heavy (non-hydrogen) atoms. The van der Waals surface area contributed by atoms with Crippen LogP contribution in [0.4, 0.5) is 0 Å². The van der Waals surface area contributed by atoms with Gasteiger partial charge in [0.25, 0.3) is 0 Å². The minimum absolute atomic E-state index is 0.0292. The molecule has 0 bridgehead atoms. The van der Waals surface area contributed by atoms with Crippen LogP contribution in [0.3, 0.4) is 0 Å². The second kappa shape index (κ2) is 6.36. The first-order valence-corrected chi connectivity index (χ1v) is 6.66. The van der Waals surface area contributed by atoms with Crippen molar-refractivity contribution in [3.05, 3.63) is 0 Å². The predicted octanol–water partition coefficient (Wildman–Crippen LogP) is 1.17. The zero-order valence-electron chi connectivity index (χ0n) is 11.0. The molecule has 0 aromatic carbocycles. The summed E-state index contributed by atoms with van der Waals surface area (Å²) in [5.74, 6) is 0.366. The molecule has 0 saturated heterocycles. The molecule has 4 nitrogen and oxygen atoms in total. The molecule has 1 amide bonds. The highest BCUT2D eigenvalue weighted by Gasteiger charge is 2.32. The van der Waals surface area contributed by atoms with Crippen LogP contribution in [0.25, 0.3) is 0 Å². The van der Waals surface area contributed by atoms with Crippen LogP contribution in [0.1, 0.15) is 52.4 Å². The van der Waals surface area contributed by atoms with Crippen molar-refractivity contribution in [2.75, 3.05) is 6.61 Å². The minimum atomic E-state index is -0.287. The van der Waals surface area contributed by atoms with E-state index in [1.165, 1.54) is 0 Å². The zero-order chi connectivity index (χ0) is 12.9. The van der Waals surface area contributed by atoms with E-state index in [4.69, 9.17) is 10.8 Å². The molecule has 0 aromatic rings. The van der Waals surface area contributed by atoms with Crippen LogP contribution in [-0.4, -0.2) is 29.2 Å². The average molecular weight is 242 g/mol. The molecule has 1 aliphatic rings. The molecule has 4 heteroatoms. The highest BCUT2D eigenvalue weighted by atomic mass is 16.3. The Hall–Kier alpha value is -0.610. The van der Waals surface area contributed by atoms with Crippen LogP contribution in [-0.2, 0) is 4.79 Å². The Bertz CT molecular complexity index is 248. The molecule has 0 spiro atoms. The average Bonchev–Trinajstić information content (AvgIpc) is 2.63. The number of aliphatic hydroxyl groups is 1. The summed E-state index contributed by atoms with van der Waals surface area (Å²) in [6, 6.07) is 0.0532. The fourth-order valence-electron chi connectivity index (χ4n) is 2.54. The molecule has 100 valence electrons. The van der Waals surface area contributed by atoms with Crippen LogP contribution in [0, 0.1) is 5.92 Å². The first kappa shape index (κ1) is 14.5. The molecule has 0 aromatic heterocycles. The van der Waals surface area contributed by atoms with E-state index in [9.17, 15) is 4.79 Å². The predicted molar refractivity (Wildman–Crippen MR) is 68.5 cm³/mol. The summed E-state index contributed by atoms with van der Waals surface area (Å²) in [4.78, 5) is 11.9. The van der Waals surface area contributed by atoms with Crippen LogP contribution >= 0.6 is 0 Å². The largest absolute Gasteiger partial charge is 0.396 e. The summed E-state index contributed by atoms with van der Waals surface area (Å²) in [5, 5.41) is 11.9. The number of hydrogen-bond donors (Lipinski definition) is 3. The summed E-state index contributed by atoms with van der Waals surface area (Å²) < 4.78 is 0. The van der Waals surface area contributed by atoms with E-state index in [2.05, 4.69) is 5.32 Å². The Balaban J connectivity index is 2.41. The van der Waals surface area contributed by atoms with Gasteiger partial charge in [0.05, 0.1) is 0 Å². The van der Waals surface area contributed by atoms with Gasteiger partial charge >= 0.3 is 0 Å². The number of aliphatic hydroxyl groups excluding tert-OH is 1. The van der Waals surface area contributed by atoms with E-state index in [0.29, 0.717) is 18.8 Å². The second-order valence-corrected chi connectivity index (χ2v) is 5.68. The molecule has 1 fully saturated rings. The van der Waals surface area contributed by atoms with Gasteiger partial charge in [0.2, 0.25) is 5.91 Å². The van der Waals surface area contributed by atoms with Gasteiger partial charge in [-0.1, -0.05) is 26.7 Å². The lowest BCUT2D eigenvalue weighted by Gasteiger charge is -2.26. The van der Waals surface area contributed by atoms with Gasteiger partial charge in [0, 0.05) is 24.6 Å². The molecule has 0 heterocycles. The maximum atomic E-state index is 11.9. The maximum Gasteiger partial charge on any atom is 0.222 e. The number of rotatable bonds is 6.